The van der Waals surface area contributed by atoms with Crippen LogP contribution in [0.4, 0.5) is 0 Å². The molecule has 1 aliphatic rings. The van der Waals surface area contributed by atoms with Crippen molar-refractivity contribution in [2.24, 2.45) is 5.92 Å². The molecule has 0 aromatic carbocycles. The monoisotopic (exact) mass is 294 g/mol. The summed E-state index contributed by atoms with van der Waals surface area (Å²) in [6, 6.07) is 3.75. The van der Waals surface area contributed by atoms with Gasteiger partial charge in [-0.3, -0.25) is 14.5 Å². The molecule has 0 atom stereocenters. The van der Waals surface area contributed by atoms with Gasteiger partial charge < -0.3 is 14.4 Å². The fourth-order valence-corrected chi connectivity index (χ4v) is 2.54. The molecular formula is C15H22N2O4. The fraction of sp³-hybridized carbons (Fsp3) is 0.600. The quantitative estimate of drug-likeness (QED) is 0.887. The van der Waals surface area contributed by atoms with Gasteiger partial charge in [0, 0.05) is 7.05 Å². The number of carboxylic acids is 1. The van der Waals surface area contributed by atoms with Crippen molar-refractivity contribution >= 4 is 11.9 Å². The molecule has 1 aromatic rings. The Balaban J connectivity index is 1.77. The minimum atomic E-state index is -0.730. The van der Waals surface area contributed by atoms with Crippen LogP contribution in [0.5, 0.6) is 0 Å². The Hall–Kier alpha value is -1.82. The number of amides is 1. The van der Waals surface area contributed by atoms with Crippen molar-refractivity contribution in [3.05, 3.63) is 23.7 Å². The van der Waals surface area contributed by atoms with Crippen LogP contribution in [-0.2, 0) is 16.1 Å². The lowest BCUT2D eigenvalue weighted by molar-refractivity contribution is -0.143. The van der Waals surface area contributed by atoms with Gasteiger partial charge in [-0.1, -0.05) is 0 Å². The fourth-order valence-electron chi connectivity index (χ4n) is 2.54. The molecule has 0 radical (unpaired) electrons. The zero-order chi connectivity index (χ0) is 15.4. The van der Waals surface area contributed by atoms with Crippen LogP contribution in [0, 0.1) is 12.8 Å². The van der Waals surface area contributed by atoms with Crippen LogP contribution >= 0.6 is 0 Å². The van der Waals surface area contributed by atoms with E-state index in [0.717, 1.165) is 11.5 Å². The SMILES string of the molecule is Cc1ccc(CN(C)C(=O)CN2CCC(C(=O)O)CC2)o1. The van der Waals surface area contributed by atoms with E-state index in [-0.39, 0.29) is 11.8 Å². The van der Waals surface area contributed by atoms with Crippen molar-refractivity contribution in [3.8, 4) is 0 Å². The van der Waals surface area contributed by atoms with E-state index in [4.69, 9.17) is 9.52 Å². The molecule has 21 heavy (non-hydrogen) atoms. The predicted octanol–water partition coefficient (Wildman–Crippen LogP) is 1.34. The molecular weight excluding hydrogens is 272 g/mol. The molecule has 2 heterocycles. The third-order valence-electron chi connectivity index (χ3n) is 3.91. The average Bonchev–Trinajstić information content (AvgIpc) is 2.84. The molecule has 1 aromatic heterocycles. The summed E-state index contributed by atoms with van der Waals surface area (Å²) in [6.07, 6.45) is 1.23. The summed E-state index contributed by atoms with van der Waals surface area (Å²) in [4.78, 5) is 26.7. The lowest BCUT2D eigenvalue weighted by Crippen LogP contribution is -2.43. The number of carbonyl (C=O) groups is 2. The van der Waals surface area contributed by atoms with Gasteiger partial charge in [0.15, 0.2) is 0 Å². The molecule has 0 spiro atoms. The van der Waals surface area contributed by atoms with Crippen molar-refractivity contribution in [3.63, 3.8) is 0 Å². The van der Waals surface area contributed by atoms with Gasteiger partial charge >= 0.3 is 5.97 Å². The van der Waals surface area contributed by atoms with E-state index in [1.165, 1.54) is 0 Å². The largest absolute Gasteiger partial charge is 0.481 e. The Morgan fingerprint density at radius 2 is 2.05 bits per heavy atom. The Morgan fingerprint density at radius 3 is 2.57 bits per heavy atom. The molecule has 0 saturated carbocycles. The minimum Gasteiger partial charge on any atom is -0.481 e. The zero-order valence-corrected chi connectivity index (χ0v) is 12.5. The molecule has 0 bridgehead atoms. The molecule has 1 saturated heterocycles. The molecule has 0 aliphatic carbocycles. The van der Waals surface area contributed by atoms with Crippen molar-refractivity contribution < 1.29 is 19.1 Å². The number of piperidine rings is 1. The van der Waals surface area contributed by atoms with E-state index in [1.807, 2.05) is 24.0 Å². The van der Waals surface area contributed by atoms with E-state index in [0.29, 0.717) is 39.0 Å². The van der Waals surface area contributed by atoms with Crippen LogP contribution in [0.15, 0.2) is 16.5 Å². The minimum absolute atomic E-state index is 0.0258. The maximum absolute atomic E-state index is 12.2. The van der Waals surface area contributed by atoms with Gasteiger partial charge in [0.25, 0.3) is 0 Å². The van der Waals surface area contributed by atoms with Crippen LogP contribution in [-0.4, -0.2) is 53.5 Å². The predicted molar refractivity (Wildman–Crippen MR) is 76.7 cm³/mol. The van der Waals surface area contributed by atoms with Crippen molar-refractivity contribution in [1.82, 2.24) is 9.80 Å². The second-order valence-corrected chi connectivity index (χ2v) is 5.65. The molecule has 6 nitrogen and oxygen atoms in total. The summed E-state index contributed by atoms with van der Waals surface area (Å²) >= 11 is 0. The third-order valence-corrected chi connectivity index (χ3v) is 3.91. The summed E-state index contributed by atoms with van der Waals surface area (Å²) in [5.41, 5.74) is 0. The molecule has 116 valence electrons. The first-order valence-corrected chi connectivity index (χ1v) is 7.20. The van der Waals surface area contributed by atoms with Crippen LogP contribution in [0.25, 0.3) is 0 Å². The lowest BCUT2D eigenvalue weighted by Gasteiger charge is -2.30. The highest BCUT2D eigenvalue weighted by atomic mass is 16.4. The van der Waals surface area contributed by atoms with Crippen molar-refractivity contribution in [2.75, 3.05) is 26.7 Å². The van der Waals surface area contributed by atoms with E-state index in [2.05, 4.69) is 0 Å². The smallest absolute Gasteiger partial charge is 0.306 e. The number of carboxylic acid groups (broad SMARTS) is 1. The maximum Gasteiger partial charge on any atom is 0.306 e. The first kappa shape index (κ1) is 15.6. The highest BCUT2D eigenvalue weighted by Crippen LogP contribution is 2.17. The standard InChI is InChI=1S/C15H22N2O4/c1-11-3-4-13(21-11)9-16(2)14(18)10-17-7-5-12(6-8-17)15(19)20/h3-4,12H,5-10H2,1-2H3,(H,19,20). The number of aryl methyl sites for hydroxylation is 1. The van der Waals surface area contributed by atoms with Gasteiger partial charge in [0.05, 0.1) is 19.0 Å². The van der Waals surface area contributed by atoms with Gasteiger partial charge in [-0.25, -0.2) is 0 Å². The second-order valence-electron chi connectivity index (χ2n) is 5.65. The van der Waals surface area contributed by atoms with E-state index in [1.54, 1.807) is 11.9 Å². The lowest BCUT2D eigenvalue weighted by atomic mass is 9.97. The molecule has 6 heteroatoms. The molecule has 0 unspecified atom stereocenters. The first-order valence-electron chi connectivity index (χ1n) is 7.20. The number of hydrogen-bond donors (Lipinski definition) is 1. The number of nitrogens with zero attached hydrogens (tertiary/aromatic N) is 2. The van der Waals surface area contributed by atoms with Crippen molar-refractivity contribution in [2.45, 2.75) is 26.3 Å². The topological polar surface area (TPSA) is 74.0 Å². The number of hydrogen-bond acceptors (Lipinski definition) is 4. The maximum atomic E-state index is 12.2. The second kappa shape index (κ2) is 6.76. The van der Waals surface area contributed by atoms with E-state index < -0.39 is 5.97 Å². The van der Waals surface area contributed by atoms with Crippen LogP contribution in [0.2, 0.25) is 0 Å². The summed E-state index contributed by atoms with van der Waals surface area (Å²) < 4.78 is 5.46. The molecule has 1 amide bonds. The third kappa shape index (κ3) is 4.32. The summed E-state index contributed by atoms with van der Waals surface area (Å²) in [5.74, 6) is 0.638. The normalized spacial score (nSPS) is 16.9. The van der Waals surface area contributed by atoms with Gasteiger partial charge in [-0.15, -0.1) is 0 Å². The highest BCUT2D eigenvalue weighted by molar-refractivity contribution is 5.78. The highest BCUT2D eigenvalue weighted by Gasteiger charge is 2.26. The van der Waals surface area contributed by atoms with Crippen LogP contribution in [0.1, 0.15) is 24.4 Å². The Bertz CT molecular complexity index is 504. The van der Waals surface area contributed by atoms with E-state index >= 15 is 0 Å². The van der Waals surface area contributed by atoms with E-state index in [9.17, 15) is 9.59 Å². The number of aliphatic carboxylic acids is 1. The molecule has 1 fully saturated rings. The van der Waals surface area contributed by atoms with Crippen LogP contribution in [0.3, 0.4) is 0 Å². The van der Waals surface area contributed by atoms with Gasteiger partial charge in [0.1, 0.15) is 11.5 Å². The first-order chi connectivity index (χ1) is 9.95. The number of carbonyl (C=O) groups excluding carboxylic acids is 1. The van der Waals surface area contributed by atoms with Crippen LogP contribution < -0.4 is 0 Å². The number of likely N-dealkylation sites (tertiary alicyclic amines) is 1. The Kier molecular flexibility index (Phi) is 5.01. The summed E-state index contributed by atoms with van der Waals surface area (Å²) in [7, 11) is 1.75. The Labute approximate surface area is 124 Å². The number of likely N-dealkylation sites (N-methyl/N-ethyl adjacent to an activating group) is 1. The van der Waals surface area contributed by atoms with Gasteiger partial charge in [-0.2, -0.15) is 0 Å². The Morgan fingerprint density at radius 1 is 1.38 bits per heavy atom. The summed E-state index contributed by atoms with van der Waals surface area (Å²) in [6.45, 7) is 3.99. The summed E-state index contributed by atoms with van der Waals surface area (Å²) in [5, 5.41) is 8.96. The molecule has 1 N–H and O–H groups in total. The van der Waals surface area contributed by atoms with Crippen molar-refractivity contribution in [1.29, 1.82) is 0 Å². The van der Waals surface area contributed by atoms with Gasteiger partial charge in [0.2, 0.25) is 5.91 Å². The molecule has 1 aliphatic heterocycles. The molecule has 2 rings (SSSR count). The number of rotatable bonds is 5. The number of furan rings is 1. The zero-order valence-electron chi connectivity index (χ0n) is 12.5. The average molecular weight is 294 g/mol. The van der Waals surface area contributed by atoms with Gasteiger partial charge in [-0.05, 0) is 45.0 Å².